The number of benzene rings is 2. The van der Waals surface area contributed by atoms with E-state index >= 15 is 0 Å². The Morgan fingerprint density at radius 3 is 2.43 bits per heavy atom. The van der Waals surface area contributed by atoms with Gasteiger partial charge >= 0.3 is 0 Å². The first kappa shape index (κ1) is 22.5. The van der Waals surface area contributed by atoms with Gasteiger partial charge in [-0.25, -0.2) is 18.1 Å². The van der Waals surface area contributed by atoms with Gasteiger partial charge in [-0.1, -0.05) is 24.3 Å². The van der Waals surface area contributed by atoms with Crippen molar-refractivity contribution in [3.63, 3.8) is 0 Å². The van der Waals surface area contributed by atoms with Gasteiger partial charge in [0.25, 0.3) is 5.91 Å². The zero-order valence-electron chi connectivity index (χ0n) is 16.7. The fourth-order valence-electron chi connectivity index (χ4n) is 2.76. The molecule has 0 bridgehead atoms. The molecule has 1 amide bonds. The summed E-state index contributed by atoms with van der Waals surface area (Å²) in [6, 6.07) is 14.6. The molecule has 2 N–H and O–H groups in total. The van der Waals surface area contributed by atoms with Crippen LogP contribution in [0, 0.1) is 6.92 Å². The van der Waals surface area contributed by atoms with Crippen molar-refractivity contribution in [2.24, 2.45) is 0 Å². The smallest absolute Gasteiger partial charge is 0.251 e. The van der Waals surface area contributed by atoms with Gasteiger partial charge < -0.3 is 5.32 Å². The fourth-order valence-corrected chi connectivity index (χ4v) is 5.10. The predicted molar refractivity (Wildman–Crippen MR) is 122 cm³/mol. The topological polar surface area (TPSA) is 88.2 Å². The monoisotopic (exact) mass is 461 g/mol. The van der Waals surface area contributed by atoms with Crippen LogP contribution in [0.5, 0.6) is 0 Å². The molecular formula is C21H23N3O3S3. The average Bonchev–Trinajstić information content (AvgIpc) is 3.16. The molecule has 1 heterocycles. The number of nitrogens with one attached hydrogen (secondary N) is 2. The van der Waals surface area contributed by atoms with E-state index < -0.39 is 10.0 Å². The lowest BCUT2D eigenvalue weighted by atomic mass is 10.1. The summed E-state index contributed by atoms with van der Waals surface area (Å²) < 4.78 is 26.0. The maximum Gasteiger partial charge on any atom is 0.251 e. The highest BCUT2D eigenvalue weighted by molar-refractivity contribution is 7.98. The number of nitrogens with zero attached hydrogens (tertiary/aromatic N) is 1. The molecule has 0 saturated heterocycles. The molecule has 6 nitrogen and oxygen atoms in total. The number of aromatic nitrogens is 1. The van der Waals surface area contributed by atoms with Gasteiger partial charge in [0.05, 0.1) is 16.5 Å². The first-order chi connectivity index (χ1) is 14.4. The van der Waals surface area contributed by atoms with Crippen LogP contribution in [0.15, 0.2) is 58.8 Å². The van der Waals surface area contributed by atoms with Gasteiger partial charge in [-0.2, -0.15) is 0 Å². The molecule has 9 heteroatoms. The number of aryl methyl sites for hydroxylation is 1. The van der Waals surface area contributed by atoms with Crippen LogP contribution >= 0.6 is 23.1 Å². The lowest BCUT2D eigenvalue weighted by Crippen LogP contribution is -2.25. The highest BCUT2D eigenvalue weighted by atomic mass is 32.2. The van der Waals surface area contributed by atoms with Gasteiger partial charge in [0.15, 0.2) is 0 Å². The molecule has 0 unspecified atom stereocenters. The maximum absolute atomic E-state index is 12.5. The quantitative estimate of drug-likeness (QED) is 0.474. The Balaban J connectivity index is 1.57. The van der Waals surface area contributed by atoms with Gasteiger partial charge in [-0.05, 0) is 49.4 Å². The predicted octanol–water partition coefficient (Wildman–Crippen LogP) is 3.72. The van der Waals surface area contributed by atoms with Gasteiger partial charge in [0, 0.05) is 28.1 Å². The van der Waals surface area contributed by atoms with Crippen LogP contribution < -0.4 is 10.0 Å². The van der Waals surface area contributed by atoms with Crippen LogP contribution in [0.3, 0.4) is 0 Å². The third kappa shape index (κ3) is 6.40. The van der Waals surface area contributed by atoms with Crippen molar-refractivity contribution in [1.82, 2.24) is 15.0 Å². The Morgan fingerprint density at radius 2 is 1.80 bits per heavy atom. The van der Waals surface area contributed by atoms with Crippen LogP contribution in [-0.2, 0) is 28.1 Å². The first-order valence-corrected chi connectivity index (χ1v) is 12.8. The Morgan fingerprint density at radius 1 is 1.10 bits per heavy atom. The van der Waals surface area contributed by atoms with E-state index in [1.807, 2.05) is 31.2 Å². The molecule has 0 atom stereocenters. The van der Waals surface area contributed by atoms with E-state index in [0.717, 1.165) is 26.9 Å². The minimum Gasteiger partial charge on any atom is -0.348 e. The van der Waals surface area contributed by atoms with Crippen molar-refractivity contribution in [1.29, 1.82) is 0 Å². The van der Waals surface area contributed by atoms with E-state index in [1.165, 1.54) is 7.05 Å². The molecular weight excluding hydrogens is 438 g/mol. The summed E-state index contributed by atoms with van der Waals surface area (Å²) in [5.74, 6) is 0.468. The molecule has 2 aromatic carbocycles. The molecule has 0 radical (unpaired) electrons. The molecule has 0 aliphatic heterocycles. The number of hydrogen-bond acceptors (Lipinski definition) is 6. The molecule has 3 aromatic rings. The molecule has 158 valence electrons. The van der Waals surface area contributed by atoms with Crippen LogP contribution in [0.25, 0.3) is 0 Å². The Hall–Kier alpha value is -2.20. The van der Waals surface area contributed by atoms with E-state index in [0.29, 0.717) is 11.1 Å². The van der Waals surface area contributed by atoms with E-state index in [4.69, 9.17) is 0 Å². The van der Waals surface area contributed by atoms with Gasteiger partial charge in [0.1, 0.15) is 0 Å². The third-order valence-corrected chi connectivity index (χ3v) is 7.57. The van der Waals surface area contributed by atoms with Gasteiger partial charge in [-0.15, -0.1) is 23.1 Å². The summed E-state index contributed by atoms with van der Waals surface area (Å²) in [5, 5.41) is 5.99. The van der Waals surface area contributed by atoms with Crippen LogP contribution in [0.4, 0.5) is 0 Å². The van der Waals surface area contributed by atoms with Gasteiger partial charge in [0.2, 0.25) is 10.0 Å². The first-order valence-electron chi connectivity index (χ1n) is 9.26. The van der Waals surface area contributed by atoms with Crippen molar-refractivity contribution >= 4 is 39.0 Å². The summed E-state index contributed by atoms with van der Waals surface area (Å²) in [7, 11) is -2.00. The molecule has 0 spiro atoms. The SMILES string of the molecule is CNS(=O)(=O)Cc1ccccc1CNC(=O)c1ccc(SCc2csc(C)n2)cc1. The number of carbonyl (C=O) groups is 1. The van der Waals surface area contributed by atoms with Crippen molar-refractivity contribution in [3.05, 3.63) is 81.3 Å². The molecule has 3 rings (SSSR count). The maximum atomic E-state index is 12.5. The molecule has 0 fully saturated rings. The lowest BCUT2D eigenvalue weighted by molar-refractivity contribution is 0.0951. The largest absolute Gasteiger partial charge is 0.348 e. The van der Waals surface area contributed by atoms with Crippen molar-refractivity contribution in [2.45, 2.75) is 29.9 Å². The zero-order chi connectivity index (χ0) is 21.6. The number of amides is 1. The highest BCUT2D eigenvalue weighted by Crippen LogP contribution is 2.24. The molecule has 0 saturated carbocycles. The highest BCUT2D eigenvalue weighted by Gasteiger charge is 2.13. The second-order valence-corrected chi connectivity index (χ2v) is 10.6. The summed E-state index contributed by atoms with van der Waals surface area (Å²) in [5.41, 5.74) is 3.05. The zero-order valence-corrected chi connectivity index (χ0v) is 19.2. The third-order valence-electron chi connectivity index (χ3n) is 4.38. The van der Waals surface area contributed by atoms with Crippen LogP contribution in [0.1, 0.15) is 32.2 Å². The lowest BCUT2D eigenvalue weighted by Gasteiger charge is -2.11. The number of thiazole rings is 1. The number of hydrogen-bond donors (Lipinski definition) is 2. The minimum absolute atomic E-state index is 0.125. The second kappa shape index (κ2) is 10.2. The van der Waals surface area contributed by atoms with E-state index in [2.05, 4.69) is 20.4 Å². The minimum atomic E-state index is -3.38. The molecule has 30 heavy (non-hydrogen) atoms. The summed E-state index contributed by atoms with van der Waals surface area (Å²) in [6.45, 7) is 2.25. The fraction of sp³-hybridized carbons (Fsp3) is 0.238. The van der Waals surface area contributed by atoms with E-state index in [-0.39, 0.29) is 18.2 Å². The van der Waals surface area contributed by atoms with Crippen LogP contribution in [-0.4, -0.2) is 26.4 Å². The van der Waals surface area contributed by atoms with Gasteiger partial charge in [-0.3, -0.25) is 4.79 Å². The van der Waals surface area contributed by atoms with E-state index in [1.54, 1.807) is 47.4 Å². The molecule has 0 aliphatic rings. The average molecular weight is 462 g/mol. The normalized spacial score (nSPS) is 11.4. The van der Waals surface area contributed by atoms with E-state index in [9.17, 15) is 13.2 Å². The Kier molecular flexibility index (Phi) is 7.65. The van der Waals surface area contributed by atoms with Crippen molar-refractivity contribution in [3.8, 4) is 0 Å². The Labute approximate surface area is 185 Å². The number of rotatable bonds is 9. The molecule has 0 aliphatic carbocycles. The number of sulfonamides is 1. The summed E-state index contributed by atoms with van der Waals surface area (Å²) in [6.07, 6.45) is 0. The van der Waals surface area contributed by atoms with Crippen molar-refractivity contribution in [2.75, 3.05) is 7.05 Å². The number of carbonyl (C=O) groups excluding carboxylic acids is 1. The molecule has 1 aromatic heterocycles. The number of thioether (sulfide) groups is 1. The second-order valence-electron chi connectivity index (χ2n) is 6.59. The van der Waals surface area contributed by atoms with Crippen LogP contribution in [0.2, 0.25) is 0 Å². The summed E-state index contributed by atoms with van der Waals surface area (Å²) in [4.78, 5) is 18.0. The summed E-state index contributed by atoms with van der Waals surface area (Å²) >= 11 is 3.32. The standard InChI is InChI=1S/C21H23N3O3S3/c1-15-24-19(12-28-15)13-29-20-9-7-16(8-10-20)21(25)23-11-17-5-3-4-6-18(17)14-30(26,27)22-2/h3-10,12,22H,11,13-14H2,1-2H3,(H,23,25). The van der Waals surface area contributed by atoms with Crippen molar-refractivity contribution < 1.29 is 13.2 Å². The Bertz CT molecular complexity index is 1110.